The zero-order valence-electron chi connectivity index (χ0n) is 8.90. The Kier molecular flexibility index (Phi) is 3.41. The number of rotatable bonds is 2. The summed E-state index contributed by atoms with van der Waals surface area (Å²) in [6.07, 6.45) is 3.55. The number of carbonyl (C=O) groups is 1. The number of amides is 1. The molecule has 16 heavy (non-hydrogen) atoms. The van der Waals surface area contributed by atoms with Crippen molar-refractivity contribution in [3.8, 4) is 0 Å². The van der Waals surface area contributed by atoms with E-state index in [1.165, 1.54) is 0 Å². The van der Waals surface area contributed by atoms with E-state index in [1.807, 2.05) is 0 Å². The Balaban J connectivity index is 2.22. The summed E-state index contributed by atoms with van der Waals surface area (Å²) in [5.41, 5.74) is 6.10. The minimum atomic E-state index is -0.0638. The van der Waals surface area contributed by atoms with Crippen LogP contribution in [0.5, 0.6) is 0 Å². The zero-order chi connectivity index (χ0) is 11.5. The van der Waals surface area contributed by atoms with Gasteiger partial charge in [0, 0.05) is 25.3 Å². The highest BCUT2D eigenvalue weighted by atomic mass is 35.5. The number of hydrogen-bond donors (Lipinski definition) is 1. The van der Waals surface area contributed by atoms with E-state index in [4.69, 9.17) is 17.3 Å². The summed E-state index contributed by atoms with van der Waals surface area (Å²) in [4.78, 5) is 17.9. The maximum atomic E-state index is 12.2. The second-order valence-electron chi connectivity index (χ2n) is 3.87. The van der Waals surface area contributed by atoms with E-state index in [0.717, 1.165) is 19.4 Å². The lowest BCUT2D eigenvalue weighted by Crippen LogP contribution is -2.40. The first kappa shape index (κ1) is 11.4. The van der Waals surface area contributed by atoms with Gasteiger partial charge in [0.05, 0.1) is 5.56 Å². The molecule has 5 heteroatoms. The van der Waals surface area contributed by atoms with Crippen molar-refractivity contribution in [3.05, 3.63) is 29.0 Å². The molecule has 1 fully saturated rings. The molecule has 0 spiro atoms. The summed E-state index contributed by atoms with van der Waals surface area (Å²) in [5.74, 6) is -0.0638. The number of likely N-dealkylation sites (tertiary alicyclic amines) is 1. The molecule has 1 atom stereocenters. The lowest BCUT2D eigenvalue weighted by Gasteiger charge is -2.23. The van der Waals surface area contributed by atoms with Crippen LogP contribution in [-0.2, 0) is 0 Å². The Morgan fingerprint density at radius 2 is 2.50 bits per heavy atom. The number of pyridine rings is 1. The smallest absolute Gasteiger partial charge is 0.257 e. The molecule has 1 aliphatic rings. The van der Waals surface area contributed by atoms with Gasteiger partial charge in [0.2, 0.25) is 0 Å². The number of aromatic nitrogens is 1. The molecule has 86 valence electrons. The molecular formula is C11H14ClN3O. The fourth-order valence-electron chi connectivity index (χ4n) is 2.05. The van der Waals surface area contributed by atoms with E-state index >= 15 is 0 Å². The van der Waals surface area contributed by atoms with Crippen LogP contribution < -0.4 is 5.73 Å². The van der Waals surface area contributed by atoms with Gasteiger partial charge in [-0.3, -0.25) is 4.79 Å². The van der Waals surface area contributed by atoms with Crippen LogP contribution in [0.2, 0.25) is 5.15 Å². The second kappa shape index (κ2) is 4.80. The first-order valence-corrected chi connectivity index (χ1v) is 5.73. The SMILES string of the molecule is NCC1CCCN1C(=O)c1cccnc1Cl. The summed E-state index contributed by atoms with van der Waals surface area (Å²) >= 11 is 5.90. The molecule has 2 rings (SSSR count). The molecule has 2 heterocycles. The van der Waals surface area contributed by atoms with Crippen LogP contribution in [0.4, 0.5) is 0 Å². The Hall–Kier alpha value is -1.13. The van der Waals surface area contributed by atoms with Crippen LogP contribution in [0.15, 0.2) is 18.3 Å². The highest BCUT2D eigenvalue weighted by Gasteiger charge is 2.29. The lowest BCUT2D eigenvalue weighted by molar-refractivity contribution is 0.0741. The molecule has 1 saturated heterocycles. The monoisotopic (exact) mass is 239 g/mol. The number of halogens is 1. The van der Waals surface area contributed by atoms with Gasteiger partial charge in [-0.2, -0.15) is 0 Å². The van der Waals surface area contributed by atoms with Crippen LogP contribution in [-0.4, -0.2) is 34.9 Å². The molecule has 1 amide bonds. The maximum absolute atomic E-state index is 12.2. The van der Waals surface area contributed by atoms with E-state index in [9.17, 15) is 4.79 Å². The molecule has 0 aromatic carbocycles. The van der Waals surface area contributed by atoms with E-state index in [-0.39, 0.29) is 17.1 Å². The third-order valence-corrected chi connectivity index (χ3v) is 3.20. The van der Waals surface area contributed by atoms with Gasteiger partial charge in [-0.15, -0.1) is 0 Å². The van der Waals surface area contributed by atoms with E-state index < -0.39 is 0 Å². The standard InChI is InChI=1S/C11H14ClN3O/c12-10-9(4-1-5-14-10)11(16)15-6-2-3-8(15)7-13/h1,4-5,8H,2-3,6-7,13H2. The molecule has 1 aliphatic heterocycles. The Bertz CT molecular complexity index is 397. The number of carbonyl (C=O) groups excluding carboxylic acids is 1. The number of hydrogen-bond acceptors (Lipinski definition) is 3. The first-order chi connectivity index (χ1) is 7.74. The molecule has 0 saturated carbocycles. The quantitative estimate of drug-likeness (QED) is 0.792. The summed E-state index contributed by atoms with van der Waals surface area (Å²) in [6, 6.07) is 3.56. The zero-order valence-corrected chi connectivity index (χ0v) is 9.65. The van der Waals surface area contributed by atoms with Crippen molar-refractivity contribution in [2.45, 2.75) is 18.9 Å². The average molecular weight is 240 g/mol. The van der Waals surface area contributed by atoms with Crippen molar-refractivity contribution in [1.29, 1.82) is 0 Å². The van der Waals surface area contributed by atoms with Gasteiger partial charge in [-0.1, -0.05) is 11.6 Å². The normalized spacial score (nSPS) is 20.1. The van der Waals surface area contributed by atoms with Crippen molar-refractivity contribution in [3.63, 3.8) is 0 Å². The van der Waals surface area contributed by atoms with Crippen LogP contribution >= 0.6 is 11.6 Å². The number of nitrogens with zero attached hydrogens (tertiary/aromatic N) is 2. The molecule has 0 bridgehead atoms. The third-order valence-electron chi connectivity index (χ3n) is 2.90. The van der Waals surface area contributed by atoms with Crippen molar-refractivity contribution >= 4 is 17.5 Å². The number of nitrogens with two attached hydrogens (primary N) is 1. The van der Waals surface area contributed by atoms with E-state index in [2.05, 4.69) is 4.98 Å². The van der Waals surface area contributed by atoms with Crippen molar-refractivity contribution in [1.82, 2.24) is 9.88 Å². The van der Waals surface area contributed by atoms with Crippen LogP contribution in [0, 0.1) is 0 Å². The highest BCUT2D eigenvalue weighted by molar-refractivity contribution is 6.32. The topological polar surface area (TPSA) is 59.2 Å². The Morgan fingerprint density at radius 3 is 3.19 bits per heavy atom. The van der Waals surface area contributed by atoms with Crippen molar-refractivity contribution in [2.75, 3.05) is 13.1 Å². The maximum Gasteiger partial charge on any atom is 0.257 e. The molecular weight excluding hydrogens is 226 g/mol. The molecule has 1 aromatic heterocycles. The largest absolute Gasteiger partial charge is 0.334 e. The fraction of sp³-hybridized carbons (Fsp3) is 0.455. The predicted molar refractivity (Wildman–Crippen MR) is 62.4 cm³/mol. The van der Waals surface area contributed by atoms with Crippen molar-refractivity contribution in [2.24, 2.45) is 5.73 Å². The minimum absolute atomic E-state index is 0.0638. The Morgan fingerprint density at radius 1 is 1.69 bits per heavy atom. The highest BCUT2D eigenvalue weighted by Crippen LogP contribution is 2.21. The van der Waals surface area contributed by atoms with E-state index in [1.54, 1.807) is 23.2 Å². The third kappa shape index (κ3) is 2.03. The molecule has 0 radical (unpaired) electrons. The summed E-state index contributed by atoms with van der Waals surface area (Å²) in [7, 11) is 0. The van der Waals surface area contributed by atoms with Gasteiger partial charge >= 0.3 is 0 Å². The molecule has 4 nitrogen and oxygen atoms in total. The van der Waals surface area contributed by atoms with Gasteiger partial charge in [0.25, 0.3) is 5.91 Å². The van der Waals surface area contributed by atoms with Gasteiger partial charge < -0.3 is 10.6 Å². The van der Waals surface area contributed by atoms with Gasteiger partial charge in [0.1, 0.15) is 5.15 Å². The fourth-order valence-corrected chi connectivity index (χ4v) is 2.25. The first-order valence-electron chi connectivity index (χ1n) is 5.35. The van der Waals surface area contributed by atoms with Crippen LogP contribution in [0.25, 0.3) is 0 Å². The minimum Gasteiger partial charge on any atom is -0.334 e. The lowest BCUT2D eigenvalue weighted by atomic mass is 10.2. The van der Waals surface area contributed by atoms with Gasteiger partial charge in [0.15, 0.2) is 0 Å². The Labute approximate surface area is 99.4 Å². The molecule has 0 aliphatic carbocycles. The van der Waals surface area contributed by atoms with Crippen molar-refractivity contribution < 1.29 is 4.79 Å². The van der Waals surface area contributed by atoms with Crippen LogP contribution in [0.1, 0.15) is 23.2 Å². The summed E-state index contributed by atoms with van der Waals surface area (Å²) < 4.78 is 0. The summed E-state index contributed by atoms with van der Waals surface area (Å²) in [6.45, 7) is 1.26. The summed E-state index contributed by atoms with van der Waals surface area (Å²) in [5, 5.41) is 0.259. The van der Waals surface area contributed by atoms with E-state index in [0.29, 0.717) is 12.1 Å². The average Bonchev–Trinajstić information content (AvgIpc) is 2.77. The molecule has 1 aromatic rings. The van der Waals surface area contributed by atoms with Crippen LogP contribution in [0.3, 0.4) is 0 Å². The molecule has 2 N–H and O–H groups in total. The predicted octanol–water partition coefficient (Wildman–Crippen LogP) is 1.30. The second-order valence-corrected chi connectivity index (χ2v) is 4.23. The van der Waals surface area contributed by atoms with Gasteiger partial charge in [-0.05, 0) is 25.0 Å². The molecule has 1 unspecified atom stereocenters. The van der Waals surface area contributed by atoms with Gasteiger partial charge in [-0.25, -0.2) is 4.98 Å².